The number of anilines is 2. The summed E-state index contributed by atoms with van der Waals surface area (Å²) in [5.74, 6) is -0.613. The van der Waals surface area contributed by atoms with Crippen molar-refractivity contribution in [3.8, 4) is 0 Å². The summed E-state index contributed by atoms with van der Waals surface area (Å²) in [6.07, 6.45) is 4.76. The van der Waals surface area contributed by atoms with Gasteiger partial charge in [-0.1, -0.05) is 42.5 Å². The zero-order valence-electron chi connectivity index (χ0n) is 22.5. The summed E-state index contributed by atoms with van der Waals surface area (Å²) >= 11 is 0. The second kappa shape index (κ2) is 13.2. The number of aliphatic hydroxyl groups is 1. The summed E-state index contributed by atoms with van der Waals surface area (Å²) in [6.45, 7) is 0.754. The van der Waals surface area contributed by atoms with Crippen LogP contribution in [0.4, 0.5) is 11.4 Å². The Morgan fingerprint density at radius 2 is 1.76 bits per heavy atom. The van der Waals surface area contributed by atoms with Gasteiger partial charge in [0.05, 0.1) is 24.2 Å². The molecule has 9 heteroatoms. The molecule has 1 aliphatic rings. The van der Waals surface area contributed by atoms with E-state index in [0.29, 0.717) is 42.8 Å². The third-order valence-electron chi connectivity index (χ3n) is 6.93. The Labute approximate surface area is 237 Å². The molecule has 9 nitrogen and oxygen atoms in total. The van der Waals surface area contributed by atoms with Crippen LogP contribution in [0.1, 0.15) is 46.7 Å². The van der Waals surface area contributed by atoms with Gasteiger partial charge in [0, 0.05) is 42.0 Å². The van der Waals surface area contributed by atoms with Crippen LogP contribution in [0.2, 0.25) is 0 Å². The first-order chi connectivity index (χ1) is 20.0. The van der Waals surface area contributed by atoms with Crippen molar-refractivity contribution in [3.63, 3.8) is 0 Å². The lowest BCUT2D eigenvalue weighted by molar-refractivity contribution is -0.146. The van der Waals surface area contributed by atoms with E-state index in [9.17, 15) is 9.59 Å². The van der Waals surface area contributed by atoms with E-state index >= 15 is 0 Å². The van der Waals surface area contributed by atoms with Gasteiger partial charge in [0.15, 0.2) is 5.76 Å². The van der Waals surface area contributed by atoms with E-state index in [1.807, 2.05) is 30.3 Å². The summed E-state index contributed by atoms with van der Waals surface area (Å²) in [4.78, 5) is 25.8. The lowest BCUT2D eigenvalue weighted by Gasteiger charge is -2.29. The number of allylic oxidation sites excluding steroid dienone is 1. The first-order valence-corrected chi connectivity index (χ1v) is 13.6. The summed E-state index contributed by atoms with van der Waals surface area (Å²) in [7, 11) is 0. The molecule has 0 saturated carbocycles. The number of amides is 2. The zero-order valence-corrected chi connectivity index (χ0v) is 22.5. The number of unbranched alkanes of at least 4 members (excludes halogenated alkanes) is 1. The monoisotopic (exact) mass is 555 g/mol. The van der Waals surface area contributed by atoms with Crippen LogP contribution in [0, 0.1) is 0 Å². The quantitative estimate of drug-likeness (QED) is 0.150. The normalized spacial score (nSPS) is 16.6. The number of hydrogen-bond acceptors (Lipinski definition) is 7. The predicted octanol–water partition coefficient (Wildman–Crippen LogP) is 5.09. The van der Waals surface area contributed by atoms with Crippen LogP contribution < -0.4 is 16.4 Å². The van der Waals surface area contributed by atoms with Crippen LogP contribution in [-0.4, -0.2) is 36.4 Å². The first kappa shape index (κ1) is 27.9. The summed E-state index contributed by atoms with van der Waals surface area (Å²) < 4.78 is 17.6. The SMILES string of the molecule is Nc1ccccc1NC(=O)c1ccc(CNC(=O)C2=CC(c3coc4ccccc34)CC(OCCCCO)O2)cc1. The first-order valence-electron chi connectivity index (χ1n) is 13.6. The van der Waals surface area contributed by atoms with E-state index in [0.717, 1.165) is 22.1 Å². The molecule has 1 aliphatic heterocycles. The molecule has 0 saturated heterocycles. The third-order valence-corrected chi connectivity index (χ3v) is 6.93. The molecular weight excluding hydrogens is 522 g/mol. The Bertz CT molecular complexity index is 1530. The highest BCUT2D eigenvalue weighted by Gasteiger charge is 2.30. The minimum absolute atomic E-state index is 0.0966. The van der Waals surface area contributed by atoms with Gasteiger partial charge in [-0.15, -0.1) is 0 Å². The molecule has 2 amide bonds. The van der Waals surface area contributed by atoms with Crippen molar-refractivity contribution in [1.82, 2.24) is 5.32 Å². The molecule has 3 aromatic carbocycles. The Hall–Kier alpha value is -4.60. The van der Waals surface area contributed by atoms with Gasteiger partial charge in [-0.3, -0.25) is 9.59 Å². The number of furan rings is 1. The molecule has 1 aromatic heterocycles. The van der Waals surface area contributed by atoms with Gasteiger partial charge in [0.25, 0.3) is 11.8 Å². The van der Waals surface area contributed by atoms with E-state index < -0.39 is 6.29 Å². The second-order valence-corrected chi connectivity index (χ2v) is 9.83. The number of rotatable bonds is 11. The fraction of sp³-hybridized carbons (Fsp3) is 0.250. The van der Waals surface area contributed by atoms with Crippen molar-refractivity contribution in [2.45, 2.75) is 38.0 Å². The minimum Gasteiger partial charge on any atom is -0.464 e. The third kappa shape index (κ3) is 6.95. The van der Waals surface area contributed by atoms with Gasteiger partial charge in [0.2, 0.25) is 6.29 Å². The van der Waals surface area contributed by atoms with Gasteiger partial charge in [-0.25, -0.2) is 0 Å². The smallest absolute Gasteiger partial charge is 0.286 e. The number of ether oxygens (including phenoxy) is 2. The zero-order chi connectivity index (χ0) is 28.6. The highest BCUT2D eigenvalue weighted by Crippen LogP contribution is 2.36. The summed E-state index contributed by atoms with van der Waals surface area (Å²) in [6, 6.07) is 21.8. The van der Waals surface area contributed by atoms with Crippen LogP contribution in [0.3, 0.4) is 0 Å². The number of para-hydroxylation sites is 3. The molecule has 4 aromatic rings. The molecule has 5 rings (SSSR count). The number of nitrogen functional groups attached to an aromatic ring is 1. The Morgan fingerprint density at radius 3 is 2.56 bits per heavy atom. The molecule has 0 aliphatic carbocycles. The van der Waals surface area contributed by atoms with E-state index in [4.69, 9.17) is 24.7 Å². The number of fused-ring (bicyclic) bond motifs is 1. The maximum absolute atomic E-state index is 13.2. The lowest BCUT2D eigenvalue weighted by Crippen LogP contribution is -2.32. The molecule has 2 atom stereocenters. The Kier molecular flexibility index (Phi) is 8.98. The number of carbonyl (C=O) groups is 2. The van der Waals surface area contributed by atoms with E-state index in [1.54, 1.807) is 54.8 Å². The molecule has 0 bridgehead atoms. The molecule has 41 heavy (non-hydrogen) atoms. The Balaban J connectivity index is 1.24. The highest BCUT2D eigenvalue weighted by atomic mass is 16.7. The van der Waals surface area contributed by atoms with Gasteiger partial charge in [-0.2, -0.15) is 0 Å². The number of carbonyl (C=O) groups excluding carboxylic acids is 2. The topological polar surface area (TPSA) is 136 Å². The molecule has 0 radical (unpaired) electrons. The van der Waals surface area contributed by atoms with Crippen LogP contribution >= 0.6 is 0 Å². The average Bonchev–Trinajstić information content (AvgIpc) is 3.44. The van der Waals surface area contributed by atoms with E-state index in [-0.39, 0.29) is 36.6 Å². The molecular formula is C32H33N3O6. The van der Waals surface area contributed by atoms with Gasteiger partial charge in [0.1, 0.15) is 5.58 Å². The largest absolute Gasteiger partial charge is 0.464 e. The summed E-state index contributed by atoms with van der Waals surface area (Å²) in [5, 5.41) is 15.8. The van der Waals surface area contributed by atoms with Crippen molar-refractivity contribution < 1.29 is 28.6 Å². The van der Waals surface area contributed by atoms with Crippen LogP contribution in [0.25, 0.3) is 11.0 Å². The van der Waals surface area contributed by atoms with Crippen molar-refractivity contribution in [2.24, 2.45) is 0 Å². The fourth-order valence-corrected chi connectivity index (χ4v) is 4.70. The summed E-state index contributed by atoms with van der Waals surface area (Å²) in [5.41, 5.74) is 9.98. The van der Waals surface area contributed by atoms with Crippen molar-refractivity contribution in [2.75, 3.05) is 24.3 Å². The van der Waals surface area contributed by atoms with Crippen LogP contribution in [-0.2, 0) is 20.8 Å². The van der Waals surface area contributed by atoms with Crippen molar-refractivity contribution in [3.05, 3.63) is 108 Å². The fourth-order valence-electron chi connectivity index (χ4n) is 4.70. The number of benzene rings is 3. The number of hydrogen-bond donors (Lipinski definition) is 4. The van der Waals surface area contributed by atoms with Crippen molar-refractivity contribution in [1.29, 1.82) is 0 Å². The van der Waals surface area contributed by atoms with E-state index in [2.05, 4.69) is 10.6 Å². The van der Waals surface area contributed by atoms with Gasteiger partial charge in [-0.05, 0) is 54.8 Å². The molecule has 2 heterocycles. The lowest BCUT2D eigenvalue weighted by atomic mass is 9.92. The highest BCUT2D eigenvalue weighted by molar-refractivity contribution is 6.05. The number of nitrogens with one attached hydrogen (secondary N) is 2. The van der Waals surface area contributed by atoms with E-state index in [1.165, 1.54) is 0 Å². The van der Waals surface area contributed by atoms with Crippen LogP contribution in [0.5, 0.6) is 0 Å². The molecule has 2 unspecified atom stereocenters. The predicted molar refractivity (Wildman–Crippen MR) is 156 cm³/mol. The second-order valence-electron chi connectivity index (χ2n) is 9.83. The molecule has 0 spiro atoms. The maximum atomic E-state index is 13.2. The van der Waals surface area contributed by atoms with Crippen LogP contribution in [0.15, 0.2) is 95.3 Å². The van der Waals surface area contributed by atoms with Gasteiger partial charge < -0.3 is 35.4 Å². The molecule has 0 fully saturated rings. The maximum Gasteiger partial charge on any atom is 0.286 e. The van der Waals surface area contributed by atoms with Gasteiger partial charge >= 0.3 is 0 Å². The minimum atomic E-state index is -0.616. The molecule has 5 N–H and O–H groups in total. The number of aliphatic hydroxyl groups excluding tert-OH is 1. The van der Waals surface area contributed by atoms with Crippen molar-refractivity contribution >= 4 is 34.2 Å². The number of nitrogens with two attached hydrogens (primary N) is 1. The average molecular weight is 556 g/mol. The molecule has 212 valence electrons. The Morgan fingerprint density at radius 1 is 0.976 bits per heavy atom. The standard InChI is InChI=1S/C32H33N3O6/c33-26-8-2-3-9-27(26)35-31(37)22-13-11-21(12-14-22)19-34-32(38)29-17-23(18-30(41-29)39-16-6-5-15-36)25-20-40-28-10-4-1-7-24(25)28/h1-4,7-14,17,20,23,30,36H,5-6,15-16,18-19,33H2,(H,34,38)(H,35,37).